The SMILES string of the molecule is CCc1cc(OCCCCN)ccc1-c1ccc(C[C@H](NC(=O)[C@H](CC(=O)O)NC(=O)[C@H](C)NC(=O)[C@@H](NC(=O)[C@](C)(Cc2ccccc2F)NC(=O)[C@@H](NC(=O)CNC(=O)[C@H](Cc2nn[nH]n2)NC(=O)C(C)(C)c2ccn[nH]2)[C@@H](C)O)[C@@H](C)O)C(=O)N[C@@H](CCCc2cc(C)cc(C)c2)C(N)=O)cc1. The van der Waals surface area contributed by atoms with E-state index in [2.05, 4.69) is 78.7 Å². The number of primary amides is 1. The van der Waals surface area contributed by atoms with E-state index in [9.17, 15) is 68.1 Å². The number of rotatable bonds is 41. The molecule has 105 heavy (non-hydrogen) atoms. The topological polar surface area (TPSA) is 501 Å². The van der Waals surface area contributed by atoms with Crippen molar-refractivity contribution < 1.29 is 77.2 Å². The third-order valence-corrected chi connectivity index (χ3v) is 17.4. The summed E-state index contributed by atoms with van der Waals surface area (Å²) >= 11 is 0. The number of carbonyl (C=O) groups is 11. The quantitative estimate of drug-likeness (QED) is 0.0228. The van der Waals surface area contributed by atoms with Gasteiger partial charge in [0.15, 0.2) is 5.82 Å². The number of nitrogens with one attached hydrogen (secondary N) is 11. The molecule has 0 aliphatic carbocycles. The van der Waals surface area contributed by atoms with Gasteiger partial charge < -0.3 is 79.4 Å². The first-order chi connectivity index (χ1) is 49.7. The number of amides is 10. The highest BCUT2D eigenvalue weighted by Gasteiger charge is 2.43. The molecule has 2 heterocycles. The molecule has 6 rings (SSSR count). The molecule has 18 N–H and O–H groups in total. The van der Waals surface area contributed by atoms with Crippen LogP contribution in [0.15, 0.2) is 97.2 Å². The van der Waals surface area contributed by atoms with Gasteiger partial charge in [0.05, 0.1) is 42.9 Å². The third kappa shape index (κ3) is 24.8. The van der Waals surface area contributed by atoms with Gasteiger partial charge in [0.25, 0.3) is 0 Å². The Labute approximate surface area is 606 Å². The average Bonchev–Trinajstić information content (AvgIpc) is 1.28. The molecule has 0 saturated carbocycles. The number of carboxylic acids is 1. The molecule has 32 nitrogen and oxygen atoms in total. The number of hydrogen-bond acceptors (Lipinski definition) is 19. The number of aliphatic hydroxyl groups excluding tert-OH is 2. The molecule has 0 fully saturated rings. The Hall–Kier alpha value is -11.1. The van der Waals surface area contributed by atoms with E-state index in [1.807, 2.05) is 69.3 Å². The van der Waals surface area contributed by atoms with Crippen LogP contribution in [-0.2, 0) is 90.3 Å². The lowest BCUT2D eigenvalue weighted by molar-refractivity contribution is -0.142. The number of aliphatic carboxylic acids is 1. The van der Waals surface area contributed by atoms with Gasteiger partial charge in [0, 0.05) is 25.5 Å². The Bertz CT molecular complexity index is 3970. The number of tetrazole rings is 1. The van der Waals surface area contributed by atoms with E-state index in [1.54, 1.807) is 32.0 Å². The van der Waals surface area contributed by atoms with E-state index >= 15 is 4.39 Å². The molecule has 10 amide bonds. The zero-order chi connectivity index (χ0) is 77.3. The standard InChI is InChI=1S/C72H96FN17O15/c1-10-46-34-49(105-29-14-13-27-74)24-25-50(46)47-22-20-44(21-23-47)33-53(65(99)79-52(62(75)96)19-15-16-45-31-39(2)30-40(3)32-45)81-66(100)55(36-59(94)95)80-63(97)41(4)78-67(101)60(42(5)91)84-70(104)72(9,37-48-17-11-12-18-51(48)73)85-68(102)61(43(6)92)83-58(93)38-76-64(98)54(35-57-87-89-90-88-57)82-69(103)71(7,8)56-26-28-77-86-56/h11-12,17-18,20-26,28,30-32,34,41-43,52-55,60-61,91-92H,10,13-16,19,27,29,33,35-38,74H2,1-9H3,(H2,75,96)(H,76,98)(H,77,86)(H,78,101)(H,79,99)(H,80,97)(H,81,100)(H,82,103)(H,83,93)(H,84,104)(H,85,102)(H,94,95)(H,87,88,89,90)/t41-,42+,43+,52-,53-,54-,55-,60-,61-,72-/m0/s1. The summed E-state index contributed by atoms with van der Waals surface area (Å²) < 4.78 is 21.4. The van der Waals surface area contributed by atoms with Gasteiger partial charge in [-0.2, -0.15) is 10.3 Å². The summed E-state index contributed by atoms with van der Waals surface area (Å²) in [5.41, 5.74) is 14.5. The maximum absolute atomic E-state index is 15.5. The van der Waals surface area contributed by atoms with Crippen LogP contribution in [0.25, 0.3) is 11.1 Å². The number of aromatic nitrogens is 6. The number of ether oxygens (including phenoxy) is 1. The molecule has 0 aliphatic rings. The second kappa shape index (κ2) is 39.0. The number of halogens is 1. The molecule has 2 aromatic heterocycles. The molecule has 0 aliphatic heterocycles. The number of H-pyrrole nitrogens is 2. The summed E-state index contributed by atoms with van der Waals surface area (Å²) in [5.74, 6) is -12.1. The molecular weight excluding hydrogens is 1360 g/mol. The van der Waals surface area contributed by atoms with E-state index in [0.29, 0.717) is 49.4 Å². The highest BCUT2D eigenvalue weighted by Crippen LogP contribution is 2.29. The van der Waals surface area contributed by atoms with Gasteiger partial charge in [-0.15, -0.1) is 10.2 Å². The Kier molecular flexibility index (Phi) is 30.8. The fraction of sp³-hybridized carbons (Fsp3) is 0.458. The largest absolute Gasteiger partial charge is 0.494 e. The van der Waals surface area contributed by atoms with Crippen molar-refractivity contribution in [1.29, 1.82) is 0 Å². The molecule has 33 heteroatoms. The van der Waals surface area contributed by atoms with Crippen molar-refractivity contribution in [1.82, 2.24) is 78.7 Å². The summed E-state index contributed by atoms with van der Waals surface area (Å²) in [6, 6.07) is 13.9. The Balaban J connectivity index is 1.17. The highest BCUT2D eigenvalue weighted by molar-refractivity contribution is 6.00. The number of aryl methyl sites for hydroxylation is 4. The van der Waals surface area contributed by atoms with Crippen LogP contribution in [0.5, 0.6) is 5.75 Å². The number of hydrogen-bond donors (Lipinski definition) is 16. The summed E-state index contributed by atoms with van der Waals surface area (Å²) in [6.45, 7) is 13.7. The number of carboxylic acid groups (broad SMARTS) is 1. The molecule has 0 bridgehead atoms. The van der Waals surface area contributed by atoms with Gasteiger partial charge in [0.1, 0.15) is 59.4 Å². The zero-order valence-corrected chi connectivity index (χ0v) is 60.2. The average molecular weight is 1460 g/mol. The predicted molar refractivity (Wildman–Crippen MR) is 381 cm³/mol. The first kappa shape index (κ1) is 82.9. The number of aliphatic hydroxyl groups is 2. The lowest BCUT2D eigenvalue weighted by atomic mass is 9.88. The van der Waals surface area contributed by atoms with Crippen LogP contribution in [-0.4, -0.2) is 191 Å². The van der Waals surface area contributed by atoms with E-state index in [0.717, 1.165) is 80.0 Å². The Morgan fingerprint density at radius 2 is 1.30 bits per heavy atom. The van der Waals surface area contributed by atoms with Crippen molar-refractivity contribution in [3.8, 4) is 16.9 Å². The second-order valence-electron chi connectivity index (χ2n) is 26.7. The van der Waals surface area contributed by atoms with Gasteiger partial charge in [-0.05, 0) is 158 Å². The van der Waals surface area contributed by atoms with Gasteiger partial charge in [0.2, 0.25) is 59.1 Å². The first-order valence-electron chi connectivity index (χ1n) is 34.4. The van der Waals surface area contributed by atoms with E-state index in [1.165, 1.54) is 24.4 Å². The maximum Gasteiger partial charge on any atom is 0.305 e. The summed E-state index contributed by atoms with van der Waals surface area (Å²) in [5, 5.41) is 73.8. The summed E-state index contributed by atoms with van der Waals surface area (Å²) in [4.78, 5) is 152. The number of aromatic amines is 2. The van der Waals surface area contributed by atoms with Crippen molar-refractivity contribution >= 4 is 65.0 Å². The van der Waals surface area contributed by atoms with Crippen molar-refractivity contribution in [2.45, 2.75) is 192 Å². The van der Waals surface area contributed by atoms with Crippen LogP contribution < -0.4 is 64.1 Å². The summed E-state index contributed by atoms with van der Waals surface area (Å²) in [6.07, 6.45) is -0.995. The molecule has 6 aromatic rings. The molecule has 4 aromatic carbocycles. The molecule has 0 unspecified atom stereocenters. The number of benzene rings is 4. The Morgan fingerprint density at radius 1 is 0.657 bits per heavy atom. The minimum Gasteiger partial charge on any atom is -0.494 e. The minimum atomic E-state index is -2.32. The number of unbranched alkanes of at least 4 members (excludes halogenated alkanes) is 1. The molecule has 0 radical (unpaired) electrons. The molecular formula is C72H96FN17O15. The predicted octanol–water partition coefficient (Wildman–Crippen LogP) is 0.181. The van der Waals surface area contributed by atoms with Crippen LogP contribution >= 0.6 is 0 Å². The molecule has 0 spiro atoms. The fourth-order valence-corrected chi connectivity index (χ4v) is 11.4. The fourth-order valence-electron chi connectivity index (χ4n) is 11.4. The van der Waals surface area contributed by atoms with Gasteiger partial charge in [-0.1, -0.05) is 90.0 Å². The lowest BCUT2D eigenvalue weighted by Crippen LogP contribution is -2.66. The minimum absolute atomic E-state index is 0.0162. The molecule has 566 valence electrons. The first-order valence-corrected chi connectivity index (χ1v) is 34.4. The van der Waals surface area contributed by atoms with E-state index in [4.69, 9.17) is 16.2 Å². The second-order valence-corrected chi connectivity index (χ2v) is 26.7. The van der Waals surface area contributed by atoms with Crippen molar-refractivity contribution in [3.05, 3.63) is 148 Å². The summed E-state index contributed by atoms with van der Waals surface area (Å²) in [7, 11) is 0. The van der Waals surface area contributed by atoms with Crippen molar-refractivity contribution in [2.24, 2.45) is 11.5 Å². The molecule has 0 saturated heterocycles. The third-order valence-electron chi connectivity index (χ3n) is 17.4. The normalized spacial score (nSPS) is 14.5. The van der Waals surface area contributed by atoms with Crippen LogP contribution in [0.3, 0.4) is 0 Å². The smallest absolute Gasteiger partial charge is 0.305 e. The van der Waals surface area contributed by atoms with Crippen LogP contribution in [0.2, 0.25) is 0 Å². The number of nitrogens with zero attached hydrogens (tertiary/aromatic N) is 4. The van der Waals surface area contributed by atoms with Gasteiger partial charge in [-0.25, -0.2) is 4.39 Å². The van der Waals surface area contributed by atoms with Crippen LogP contribution in [0, 0.1) is 19.7 Å². The van der Waals surface area contributed by atoms with Crippen LogP contribution in [0.4, 0.5) is 4.39 Å². The number of nitrogens with two attached hydrogens (primary N) is 2. The highest BCUT2D eigenvalue weighted by atomic mass is 19.1. The van der Waals surface area contributed by atoms with Crippen molar-refractivity contribution in [2.75, 3.05) is 19.7 Å². The van der Waals surface area contributed by atoms with E-state index in [-0.39, 0.29) is 30.7 Å². The van der Waals surface area contributed by atoms with Crippen molar-refractivity contribution in [3.63, 3.8) is 0 Å². The molecule has 10 atom stereocenters. The van der Waals surface area contributed by atoms with Gasteiger partial charge in [-0.3, -0.25) is 57.8 Å². The monoisotopic (exact) mass is 1460 g/mol. The Morgan fingerprint density at radius 3 is 1.91 bits per heavy atom. The van der Waals surface area contributed by atoms with Gasteiger partial charge >= 0.3 is 5.97 Å². The maximum atomic E-state index is 15.5. The van der Waals surface area contributed by atoms with Crippen LogP contribution in [0.1, 0.15) is 125 Å². The lowest BCUT2D eigenvalue weighted by Gasteiger charge is -2.34. The van der Waals surface area contributed by atoms with E-state index < -0.39 is 156 Å². The number of carbonyl (C=O) groups excluding carboxylic acids is 10. The zero-order valence-electron chi connectivity index (χ0n) is 60.2.